The molecule has 0 bridgehead atoms. The van der Waals surface area contributed by atoms with Crippen LogP contribution >= 0.6 is 0 Å². The lowest BCUT2D eigenvalue weighted by atomic mass is 9.94. The van der Waals surface area contributed by atoms with E-state index in [1.807, 2.05) is 11.0 Å². The lowest BCUT2D eigenvalue weighted by Gasteiger charge is -2.32. The molecule has 0 unspecified atom stereocenters. The largest absolute Gasteiger partial charge is 0.480 e. The maximum absolute atomic E-state index is 12.9. The number of carbonyl (C=O) groups is 2. The zero-order valence-corrected chi connectivity index (χ0v) is 13.9. The van der Waals surface area contributed by atoms with Crippen molar-refractivity contribution in [2.24, 2.45) is 0 Å². The van der Waals surface area contributed by atoms with Crippen molar-refractivity contribution in [1.29, 1.82) is 0 Å². The number of hydrogen-bond acceptors (Lipinski definition) is 4. The number of aromatic amines is 1. The van der Waals surface area contributed by atoms with Crippen LogP contribution < -0.4 is 0 Å². The van der Waals surface area contributed by atoms with Gasteiger partial charge in [-0.05, 0) is 38.2 Å². The second-order valence-corrected chi connectivity index (χ2v) is 6.78. The minimum Gasteiger partial charge on any atom is -0.480 e. The number of aryl methyl sites for hydroxylation is 1. The molecule has 1 atom stereocenters. The molecule has 0 saturated carbocycles. The zero-order chi connectivity index (χ0) is 17.4. The van der Waals surface area contributed by atoms with Crippen molar-refractivity contribution < 1.29 is 14.7 Å². The number of hydrogen-bond donors (Lipinski definition) is 2. The van der Waals surface area contributed by atoms with Gasteiger partial charge in [-0.2, -0.15) is 10.2 Å². The second kappa shape index (κ2) is 6.34. The van der Waals surface area contributed by atoms with E-state index in [-0.39, 0.29) is 18.4 Å². The summed E-state index contributed by atoms with van der Waals surface area (Å²) in [5, 5.41) is 20.4. The number of aliphatic carboxylic acids is 1. The molecule has 0 aromatic carbocycles. The number of nitrogens with one attached hydrogen (secondary N) is 1. The van der Waals surface area contributed by atoms with E-state index in [9.17, 15) is 9.59 Å². The number of piperidine rings is 1. The highest BCUT2D eigenvalue weighted by molar-refractivity contribution is 5.94. The summed E-state index contributed by atoms with van der Waals surface area (Å²) >= 11 is 0. The van der Waals surface area contributed by atoms with E-state index < -0.39 is 5.97 Å². The Kier molecular flexibility index (Phi) is 4.03. The molecule has 132 valence electrons. The standard InChI is InChI=1S/C17H21N5O3/c23-15(24)10-22-14(6-7-18-22)11-3-2-8-21(9-11)17(25)16-12-4-1-5-13(12)19-20-16/h6-7,11H,1-5,8-10H2,(H,19,20)(H,23,24)/t11-/m1/s1. The highest BCUT2D eigenvalue weighted by atomic mass is 16.4. The zero-order valence-electron chi connectivity index (χ0n) is 13.9. The average molecular weight is 343 g/mol. The smallest absolute Gasteiger partial charge is 0.325 e. The van der Waals surface area contributed by atoms with E-state index in [0.717, 1.165) is 49.1 Å². The third kappa shape index (κ3) is 2.92. The highest BCUT2D eigenvalue weighted by Crippen LogP contribution is 2.29. The number of fused-ring (bicyclic) bond motifs is 1. The summed E-state index contributed by atoms with van der Waals surface area (Å²) in [6.45, 7) is 1.13. The molecule has 2 aromatic rings. The molecule has 2 aromatic heterocycles. The Hall–Kier alpha value is -2.64. The van der Waals surface area contributed by atoms with Crippen LogP contribution in [0.3, 0.4) is 0 Å². The lowest BCUT2D eigenvalue weighted by Crippen LogP contribution is -2.40. The van der Waals surface area contributed by atoms with Crippen LogP contribution in [0.2, 0.25) is 0 Å². The fourth-order valence-electron chi connectivity index (χ4n) is 4.00. The first-order chi connectivity index (χ1) is 12.1. The van der Waals surface area contributed by atoms with E-state index in [1.54, 1.807) is 6.20 Å². The third-order valence-corrected chi connectivity index (χ3v) is 5.17. The molecule has 2 N–H and O–H groups in total. The molecule has 1 aliphatic heterocycles. The lowest BCUT2D eigenvalue weighted by molar-refractivity contribution is -0.137. The van der Waals surface area contributed by atoms with Crippen molar-refractivity contribution in [2.75, 3.05) is 13.1 Å². The van der Waals surface area contributed by atoms with Crippen molar-refractivity contribution in [3.8, 4) is 0 Å². The topological polar surface area (TPSA) is 104 Å². The highest BCUT2D eigenvalue weighted by Gasteiger charge is 2.31. The van der Waals surface area contributed by atoms with Crippen LogP contribution in [-0.4, -0.2) is 55.0 Å². The van der Waals surface area contributed by atoms with E-state index in [1.165, 1.54) is 4.68 Å². The van der Waals surface area contributed by atoms with Crippen LogP contribution in [0.4, 0.5) is 0 Å². The van der Waals surface area contributed by atoms with Gasteiger partial charge in [-0.15, -0.1) is 0 Å². The van der Waals surface area contributed by atoms with Crippen molar-refractivity contribution in [1.82, 2.24) is 24.9 Å². The molecule has 0 spiro atoms. The molecule has 1 aliphatic carbocycles. The Morgan fingerprint density at radius 2 is 2.20 bits per heavy atom. The number of nitrogens with zero attached hydrogens (tertiary/aromatic N) is 4. The Bertz CT molecular complexity index is 809. The summed E-state index contributed by atoms with van der Waals surface area (Å²) in [7, 11) is 0. The Labute approximate surface area is 144 Å². The Morgan fingerprint density at radius 1 is 1.32 bits per heavy atom. The first kappa shape index (κ1) is 15.9. The van der Waals surface area contributed by atoms with Crippen LogP contribution in [0.5, 0.6) is 0 Å². The summed E-state index contributed by atoms with van der Waals surface area (Å²) in [6, 6.07) is 1.85. The molecule has 2 aliphatic rings. The minimum atomic E-state index is -0.916. The first-order valence-electron chi connectivity index (χ1n) is 8.72. The van der Waals surface area contributed by atoms with Gasteiger partial charge in [0.05, 0.1) is 0 Å². The van der Waals surface area contributed by atoms with Gasteiger partial charge in [0.2, 0.25) is 0 Å². The Balaban J connectivity index is 1.52. The van der Waals surface area contributed by atoms with Gasteiger partial charge in [-0.25, -0.2) is 0 Å². The van der Waals surface area contributed by atoms with Crippen LogP contribution in [0.1, 0.15) is 52.6 Å². The molecule has 4 rings (SSSR count). The van der Waals surface area contributed by atoms with Gasteiger partial charge in [0.1, 0.15) is 6.54 Å². The molecule has 0 radical (unpaired) electrons. The minimum absolute atomic E-state index is 0.0200. The van der Waals surface area contributed by atoms with Crippen molar-refractivity contribution in [3.63, 3.8) is 0 Å². The molecule has 3 heterocycles. The fraction of sp³-hybridized carbons (Fsp3) is 0.529. The van der Waals surface area contributed by atoms with Crippen LogP contribution in [0.25, 0.3) is 0 Å². The Morgan fingerprint density at radius 3 is 3.04 bits per heavy atom. The van der Waals surface area contributed by atoms with Crippen LogP contribution in [0.15, 0.2) is 12.3 Å². The predicted octanol–water partition coefficient (Wildman–Crippen LogP) is 1.20. The number of aromatic nitrogens is 4. The normalized spacial score (nSPS) is 19.8. The molecule has 8 heteroatoms. The third-order valence-electron chi connectivity index (χ3n) is 5.17. The van der Waals surface area contributed by atoms with E-state index in [2.05, 4.69) is 15.3 Å². The first-order valence-corrected chi connectivity index (χ1v) is 8.72. The number of likely N-dealkylation sites (tertiary alicyclic amines) is 1. The SMILES string of the molecule is O=C(O)Cn1nccc1[C@@H]1CCCN(C(=O)c2n[nH]c3c2CCC3)C1. The van der Waals surface area contributed by atoms with Gasteiger partial charge in [0, 0.05) is 42.2 Å². The van der Waals surface area contributed by atoms with Gasteiger partial charge >= 0.3 is 5.97 Å². The fourth-order valence-corrected chi connectivity index (χ4v) is 4.00. The van der Waals surface area contributed by atoms with Crippen LogP contribution in [-0.2, 0) is 24.2 Å². The van der Waals surface area contributed by atoms with E-state index in [0.29, 0.717) is 18.8 Å². The quantitative estimate of drug-likeness (QED) is 0.868. The van der Waals surface area contributed by atoms with E-state index >= 15 is 0 Å². The van der Waals surface area contributed by atoms with Gasteiger partial charge < -0.3 is 10.0 Å². The molecule has 1 amide bonds. The van der Waals surface area contributed by atoms with Crippen molar-refractivity contribution in [2.45, 2.75) is 44.6 Å². The summed E-state index contributed by atoms with van der Waals surface area (Å²) in [4.78, 5) is 25.8. The average Bonchev–Trinajstić information content (AvgIpc) is 3.30. The summed E-state index contributed by atoms with van der Waals surface area (Å²) in [5.41, 5.74) is 3.61. The number of amides is 1. The maximum Gasteiger partial charge on any atom is 0.325 e. The number of H-pyrrole nitrogens is 1. The monoisotopic (exact) mass is 343 g/mol. The molecule has 1 fully saturated rings. The molecule has 25 heavy (non-hydrogen) atoms. The van der Waals surface area contributed by atoms with Crippen molar-refractivity contribution >= 4 is 11.9 Å². The second-order valence-electron chi connectivity index (χ2n) is 6.78. The van der Waals surface area contributed by atoms with Gasteiger partial charge in [-0.1, -0.05) is 0 Å². The van der Waals surface area contributed by atoms with E-state index in [4.69, 9.17) is 5.11 Å². The molecular weight excluding hydrogens is 322 g/mol. The molecular formula is C17H21N5O3. The van der Waals surface area contributed by atoms with Gasteiger partial charge in [0.15, 0.2) is 5.69 Å². The van der Waals surface area contributed by atoms with Gasteiger partial charge in [0.25, 0.3) is 5.91 Å². The number of rotatable bonds is 4. The molecule has 8 nitrogen and oxygen atoms in total. The molecule has 1 saturated heterocycles. The maximum atomic E-state index is 12.9. The number of carbonyl (C=O) groups excluding carboxylic acids is 1. The van der Waals surface area contributed by atoms with Crippen molar-refractivity contribution in [3.05, 3.63) is 34.9 Å². The summed E-state index contributed by atoms with van der Waals surface area (Å²) < 4.78 is 1.52. The number of carboxylic acids is 1. The van der Waals surface area contributed by atoms with Gasteiger partial charge in [-0.3, -0.25) is 19.4 Å². The summed E-state index contributed by atoms with van der Waals surface area (Å²) in [5.74, 6) is -0.833. The number of carboxylic acid groups (broad SMARTS) is 1. The summed E-state index contributed by atoms with van der Waals surface area (Å²) in [6.07, 6.45) is 6.39. The predicted molar refractivity (Wildman–Crippen MR) is 88.4 cm³/mol. The van der Waals surface area contributed by atoms with Crippen LogP contribution in [0, 0.1) is 0 Å².